The predicted octanol–water partition coefficient (Wildman–Crippen LogP) is 4.15. The van der Waals surface area contributed by atoms with Crippen molar-refractivity contribution < 1.29 is 0 Å². The van der Waals surface area contributed by atoms with Gasteiger partial charge in [0.25, 0.3) is 0 Å². The Morgan fingerprint density at radius 2 is 1.93 bits per heavy atom. The van der Waals surface area contributed by atoms with Crippen molar-refractivity contribution >= 4 is 5.57 Å². The van der Waals surface area contributed by atoms with E-state index in [2.05, 4.69) is 50.3 Å². The van der Waals surface area contributed by atoms with E-state index >= 15 is 0 Å². The molecule has 0 nitrogen and oxygen atoms in total. The Kier molecular flexibility index (Phi) is 1.85. The van der Waals surface area contributed by atoms with Crippen LogP contribution in [0.2, 0.25) is 0 Å². The van der Waals surface area contributed by atoms with Crippen LogP contribution in [0.15, 0.2) is 42.0 Å². The first kappa shape index (κ1) is 8.96. The Morgan fingerprint density at radius 3 is 2.80 bits per heavy atom. The van der Waals surface area contributed by atoms with E-state index in [0.29, 0.717) is 11.8 Å². The van der Waals surface area contributed by atoms with Gasteiger partial charge in [-0.15, -0.1) is 0 Å². The van der Waals surface area contributed by atoms with E-state index in [0.717, 1.165) is 0 Å². The molecule has 0 aliphatic heterocycles. The second-order valence-corrected chi connectivity index (χ2v) is 4.78. The van der Waals surface area contributed by atoms with Crippen molar-refractivity contribution in [3.05, 3.63) is 53.1 Å². The summed E-state index contributed by atoms with van der Waals surface area (Å²) in [6.45, 7) is 4.62. The van der Waals surface area contributed by atoms with Crippen LogP contribution in [-0.2, 0) is 0 Å². The standard InChI is InChI=1S/C15H16/c1-10-7-8-13-11(2)12-5-3-4-6-14(12)15(13)9-10/h3-8,10-11H,9H2,1-2H3. The lowest BCUT2D eigenvalue weighted by atomic mass is 9.89. The molecule has 0 heterocycles. The van der Waals surface area contributed by atoms with Crippen molar-refractivity contribution in [3.63, 3.8) is 0 Å². The van der Waals surface area contributed by atoms with Crippen LogP contribution in [0.3, 0.4) is 0 Å². The third kappa shape index (κ3) is 1.21. The van der Waals surface area contributed by atoms with Gasteiger partial charge in [-0.2, -0.15) is 0 Å². The van der Waals surface area contributed by atoms with E-state index in [1.807, 2.05) is 0 Å². The molecule has 2 aliphatic carbocycles. The fourth-order valence-corrected chi connectivity index (χ4v) is 2.86. The molecule has 0 N–H and O–H groups in total. The van der Waals surface area contributed by atoms with Crippen LogP contribution in [0.4, 0.5) is 0 Å². The van der Waals surface area contributed by atoms with Crippen LogP contribution in [0, 0.1) is 5.92 Å². The summed E-state index contributed by atoms with van der Waals surface area (Å²) in [5.41, 5.74) is 6.15. The van der Waals surface area contributed by atoms with Gasteiger partial charge in [-0.3, -0.25) is 0 Å². The summed E-state index contributed by atoms with van der Waals surface area (Å²) in [5, 5.41) is 0. The monoisotopic (exact) mass is 196 g/mol. The zero-order valence-corrected chi connectivity index (χ0v) is 9.33. The largest absolute Gasteiger partial charge is 0.0811 e. The first-order valence-corrected chi connectivity index (χ1v) is 5.78. The lowest BCUT2D eigenvalue weighted by Gasteiger charge is -2.16. The minimum absolute atomic E-state index is 0.597. The average molecular weight is 196 g/mol. The molecule has 0 saturated heterocycles. The predicted molar refractivity (Wildman–Crippen MR) is 64.7 cm³/mol. The number of benzene rings is 1. The van der Waals surface area contributed by atoms with Crippen molar-refractivity contribution in [2.24, 2.45) is 5.92 Å². The second kappa shape index (κ2) is 3.10. The van der Waals surface area contributed by atoms with Crippen LogP contribution < -0.4 is 0 Å². The SMILES string of the molecule is CC1C=CC2=C(C1)c1ccccc1C2C. The zero-order valence-electron chi connectivity index (χ0n) is 9.33. The Labute approximate surface area is 91.3 Å². The molecule has 0 aromatic heterocycles. The van der Waals surface area contributed by atoms with Crippen LogP contribution >= 0.6 is 0 Å². The van der Waals surface area contributed by atoms with Crippen molar-refractivity contribution in [2.45, 2.75) is 26.2 Å². The van der Waals surface area contributed by atoms with Gasteiger partial charge in [-0.05, 0) is 34.6 Å². The Balaban J connectivity index is 2.17. The minimum atomic E-state index is 0.597. The summed E-state index contributed by atoms with van der Waals surface area (Å²) in [4.78, 5) is 0. The molecule has 0 amide bonds. The molecule has 0 fully saturated rings. The molecule has 0 radical (unpaired) electrons. The maximum atomic E-state index is 2.35. The topological polar surface area (TPSA) is 0 Å². The molecule has 3 rings (SSSR count). The van der Waals surface area contributed by atoms with Gasteiger partial charge < -0.3 is 0 Å². The highest BCUT2D eigenvalue weighted by Crippen LogP contribution is 2.46. The average Bonchev–Trinajstić information content (AvgIpc) is 2.54. The summed E-state index contributed by atoms with van der Waals surface area (Å²) >= 11 is 0. The first-order valence-electron chi connectivity index (χ1n) is 5.78. The molecule has 0 spiro atoms. The molecule has 2 aliphatic rings. The fourth-order valence-electron chi connectivity index (χ4n) is 2.86. The molecule has 0 bridgehead atoms. The molecular weight excluding hydrogens is 180 g/mol. The number of hydrogen-bond acceptors (Lipinski definition) is 0. The zero-order chi connectivity index (χ0) is 10.4. The summed E-state index contributed by atoms with van der Waals surface area (Å²) in [7, 11) is 0. The van der Waals surface area contributed by atoms with E-state index in [1.54, 1.807) is 11.1 Å². The number of fused-ring (bicyclic) bond motifs is 2. The molecular formula is C15H16. The Hall–Kier alpha value is -1.30. The fraction of sp³-hybridized carbons (Fsp3) is 0.333. The number of allylic oxidation sites excluding steroid dienone is 4. The molecule has 15 heavy (non-hydrogen) atoms. The highest BCUT2D eigenvalue weighted by Gasteiger charge is 2.28. The van der Waals surface area contributed by atoms with Gasteiger partial charge >= 0.3 is 0 Å². The molecule has 2 unspecified atom stereocenters. The van der Waals surface area contributed by atoms with Gasteiger partial charge in [0.1, 0.15) is 0 Å². The van der Waals surface area contributed by atoms with Gasteiger partial charge in [0.05, 0.1) is 0 Å². The maximum Gasteiger partial charge on any atom is 0.00698 e. The van der Waals surface area contributed by atoms with Crippen molar-refractivity contribution in [1.82, 2.24) is 0 Å². The minimum Gasteiger partial charge on any atom is -0.0811 e. The van der Waals surface area contributed by atoms with Gasteiger partial charge in [-0.25, -0.2) is 0 Å². The van der Waals surface area contributed by atoms with Crippen LogP contribution in [0.1, 0.15) is 37.3 Å². The van der Waals surface area contributed by atoms with Crippen molar-refractivity contribution in [2.75, 3.05) is 0 Å². The summed E-state index contributed by atoms with van der Waals surface area (Å²) in [5.74, 6) is 1.29. The Bertz CT molecular complexity index is 463. The highest BCUT2D eigenvalue weighted by molar-refractivity contribution is 5.81. The van der Waals surface area contributed by atoms with E-state index in [-0.39, 0.29) is 0 Å². The number of rotatable bonds is 0. The van der Waals surface area contributed by atoms with Gasteiger partial charge in [0.2, 0.25) is 0 Å². The second-order valence-electron chi connectivity index (χ2n) is 4.78. The van der Waals surface area contributed by atoms with Crippen molar-refractivity contribution in [3.8, 4) is 0 Å². The summed E-state index contributed by atoms with van der Waals surface area (Å²) in [6.07, 6.45) is 5.91. The highest BCUT2D eigenvalue weighted by atomic mass is 14.3. The molecule has 1 aromatic carbocycles. The molecule has 0 heteroatoms. The van der Waals surface area contributed by atoms with Crippen LogP contribution in [0.25, 0.3) is 5.57 Å². The molecule has 0 saturated carbocycles. The van der Waals surface area contributed by atoms with Crippen molar-refractivity contribution in [1.29, 1.82) is 0 Å². The molecule has 76 valence electrons. The van der Waals surface area contributed by atoms with E-state index < -0.39 is 0 Å². The molecule has 1 aromatic rings. The lowest BCUT2D eigenvalue weighted by molar-refractivity contribution is 0.741. The first-order chi connectivity index (χ1) is 7.27. The van der Waals surface area contributed by atoms with E-state index in [9.17, 15) is 0 Å². The van der Waals surface area contributed by atoms with Crippen LogP contribution in [-0.4, -0.2) is 0 Å². The number of hydrogen-bond donors (Lipinski definition) is 0. The quantitative estimate of drug-likeness (QED) is 0.584. The third-order valence-corrected chi connectivity index (χ3v) is 3.70. The summed E-state index contributed by atoms with van der Waals surface area (Å²) in [6, 6.07) is 8.86. The lowest BCUT2D eigenvalue weighted by Crippen LogP contribution is -1.99. The van der Waals surface area contributed by atoms with Crippen LogP contribution in [0.5, 0.6) is 0 Å². The van der Waals surface area contributed by atoms with Gasteiger partial charge in [0, 0.05) is 5.92 Å². The Morgan fingerprint density at radius 1 is 1.13 bits per heavy atom. The van der Waals surface area contributed by atoms with Gasteiger partial charge in [-0.1, -0.05) is 50.3 Å². The third-order valence-electron chi connectivity index (χ3n) is 3.70. The normalized spacial score (nSPS) is 27.9. The smallest absolute Gasteiger partial charge is 0.00698 e. The molecule has 2 atom stereocenters. The summed E-state index contributed by atoms with van der Waals surface area (Å²) < 4.78 is 0. The van der Waals surface area contributed by atoms with E-state index in [1.165, 1.54) is 17.5 Å². The maximum absolute atomic E-state index is 2.35. The van der Waals surface area contributed by atoms with E-state index in [4.69, 9.17) is 0 Å². The van der Waals surface area contributed by atoms with Gasteiger partial charge in [0.15, 0.2) is 0 Å².